The molecular weight excluding hydrogens is 486 g/mol. The molecule has 38 heavy (non-hydrogen) atoms. The summed E-state index contributed by atoms with van der Waals surface area (Å²) in [5.74, 6) is 0.122. The molecule has 0 radical (unpaired) electrons. The normalized spacial score (nSPS) is 23.3. The van der Waals surface area contributed by atoms with E-state index in [1.165, 1.54) is 24.3 Å². The Morgan fingerprint density at radius 3 is 2.00 bits per heavy atom. The maximum absolute atomic E-state index is 14.2. The lowest BCUT2D eigenvalue weighted by atomic mass is 9.74. The Balaban J connectivity index is 1.39. The van der Waals surface area contributed by atoms with Crippen LogP contribution in [0.25, 0.3) is 0 Å². The van der Waals surface area contributed by atoms with Crippen molar-refractivity contribution in [3.8, 4) is 5.75 Å². The number of ether oxygens (including phenoxy) is 1. The third kappa shape index (κ3) is 5.71. The number of rotatable bonds is 7. The molecule has 0 spiro atoms. The molecule has 3 aliphatic rings. The van der Waals surface area contributed by atoms with Crippen molar-refractivity contribution in [1.29, 1.82) is 0 Å². The van der Waals surface area contributed by atoms with Crippen LogP contribution in [0.15, 0.2) is 48.5 Å². The van der Waals surface area contributed by atoms with E-state index in [9.17, 15) is 18.4 Å². The number of halogens is 2. The van der Waals surface area contributed by atoms with E-state index < -0.39 is 10.8 Å². The average Bonchev–Trinajstić information content (AvgIpc) is 3.44. The van der Waals surface area contributed by atoms with Crippen LogP contribution in [0.3, 0.4) is 0 Å². The standard InChI is InChI=1S/C31H38F2N2O3/c32-25-9-7-24(8-10-25)31(16-2-3-17-31)29(37)35-20-6-15-30(22-35,21-28(36)34-18-4-1-5-19-34)23-38-27-13-11-26(33)12-14-27/h7-14H,1-6,15-23H2/t30-/m0/s1. The van der Waals surface area contributed by atoms with Gasteiger partial charge >= 0.3 is 0 Å². The molecule has 3 fully saturated rings. The van der Waals surface area contributed by atoms with Gasteiger partial charge in [0.2, 0.25) is 11.8 Å². The first-order valence-corrected chi connectivity index (χ1v) is 14.1. The minimum atomic E-state index is -0.647. The fraction of sp³-hybridized carbons (Fsp3) is 0.548. The molecule has 2 saturated heterocycles. The molecule has 5 rings (SSSR count). The highest BCUT2D eigenvalue weighted by Crippen LogP contribution is 2.45. The molecule has 1 aliphatic carbocycles. The highest BCUT2D eigenvalue weighted by atomic mass is 19.1. The maximum atomic E-state index is 14.2. The summed E-state index contributed by atoms with van der Waals surface area (Å²) >= 11 is 0. The van der Waals surface area contributed by atoms with Crippen molar-refractivity contribution in [3.05, 3.63) is 65.7 Å². The zero-order valence-electron chi connectivity index (χ0n) is 22.1. The maximum Gasteiger partial charge on any atom is 0.233 e. The minimum absolute atomic E-state index is 0.0814. The minimum Gasteiger partial charge on any atom is -0.493 e. The van der Waals surface area contributed by atoms with E-state index in [2.05, 4.69) is 0 Å². The van der Waals surface area contributed by atoms with Crippen LogP contribution in [0.4, 0.5) is 8.78 Å². The molecule has 0 unspecified atom stereocenters. The van der Waals surface area contributed by atoms with Gasteiger partial charge in [-0.3, -0.25) is 9.59 Å². The molecular formula is C31H38F2N2O3. The Labute approximate surface area is 224 Å². The van der Waals surface area contributed by atoms with Gasteiger partial charge in [0.05, 0.1) is 12.0 Å². The van der Waals surface area contributed by atoms with E-state index in [0.717, 1.165) is 76.4 Å². The zero-order chi connectivity index (χ0) is 26.6. The molecule has 0 N–H and O–H groups in total. The second kappa shape index (κ2) is 11.4. The van der Waals surface area contributed by atoms with Gasteiger partial charge in [0.25, 0.3) is 0 Å². The summed E-state index contributed by atoms with van der Waals surface area (Å²) in [5.41, 5.74) is -0.297. The highest BCUT2D eigenvalue weighted by Gasteiger charge is 2.48. The number of nitrogens with zero attached hydrogens (tertiary/aromatic N) is 2. The smallest absolute Gasteiger partial charge is 0.233 e. The quantitative estimate of drug-likeness (QED) is 0.455. The predicted octanol–water partition coefficient (Wildman–Crippen LogP) is 5.87. The van der Waals surface area contributed by atoms with Gasteiger partial charge in [0.15, 0.2) is 0 Å². The second-order valence-electron chi connectivity index (χ2n) is 11.5. The molecule has 7 heteroatoms. The Hall–Kier alpha value is -2.96. The van der Waals surface area contributed by atoms with Crippen LogP contribution in [-0.4, -0.2) is 54.4 Å². The first kappa shape index (κ1) is 26.6. The number of amides is 2. The Kier molecular flexibility index (Phi) is 8.01. The van der Waals surface area contributed by atoms with E-state index in [1.54, 1.807) is 24.3 Å². The Bertz CT molecular complexity index is 1110. The highest BCUT2D eigenvalue weighted by molar-refractivity contribution is 5.89. The molecule has 2 aromatic carbocycles. The summed E-state index contributed by atoms with van der Waals surface area (Å²) in [5, 5.41) is 0. The summed E-state index contributed by atoms with van der Waals surface area (Å²) in [6, 6.07) is 12.3. The van der Waals surface area contributed by atoms with Crippen molar-refractivity contribution in [3.63, 3.8) is 0 Å². The van der Waals surface area contributed by atoms with Crippen LogP contribution in [0.5, 0.6) is 5.75 Å². The van der Waals surface area contributed by atoms with Gasteiger partial charge in [-0.05, 0) is 86.9 Å². The fourth-order valence-electron chi connectivity index (χ4n) is 6.71. The van der Waals surface area contributed by atoms with E-state index in [0.29, 0.717) is 25.3 Å². The number of benzene rings is 2. The van der Waals surface area contributed by atoms with Gasteiger partial charge in [-0.1, -0.05) is 25.0 Å². The van der Waals surface area contributed by atoms with Crippen LogP contribution >= 0.6 is 0 Å². The van der Waals surface area contributed by atoms with Crippen molar-refractivity contribution >= 4 is 11.8 Å². The lowest BCUT2D eigenvalue weighted by Gasteiger charge is -2.46. The molecule has 0 bridgehead atoms. The number of likely N-dealkylation sites (tertiary alicyclic amines) is 2. The van der Waals surface area contributed by atoms with E-state index in [4.69, 9.17) is 4.74 Å². The monoisotopic (exact) mass is 524 g/mol. The van der Waals surface area contributed by atoms with Crippen molar-refractivity contribution in [2.75, 3.05) is 32.8 Å². The number of carbonyl (C=O) groups is 2. The molecule has 0 aromatic heterocycles. The molecule has 5 nitrogen and oxygen atoms in total. The third-order valence-electron chi connectivity index (χ3n) is 8.81. The van der Waals surface area contributed by atoms with E-state index in [-0.39, 0.29) is 30.1 Å². The summed E-state index contributed by atoms with van der Waals surface area (Å²) in [4.78, 5) is 31.6. The topological polar surface area (TPSA) is 49.9 Å². The predicted molar refractivity (Wildman–Crippen MR) is 142 cm³/mol. The van der Waals surface area contributed by atoms with Gasteiger partial charge in [0, 0.05) is 38.0 Å². The van der Waals surface area contributed by atoms with Crippen LogP contribution < -0.4 is 4.74 Å². The third-order valence-corrected chi connectivity index (χ3v) is 8.81. The molecule has 2 aliphatic heterocycles. The van der Waals surface area contributed by atoms with Crippen LogP contribution in [0.1, 0.15) is 69.8 Å². The van der Waals surface area contributed by atoms with Gasteiger partial charge < -0.3 is 14.5 Å². The second-order valence-corrected chi connectivity index (χ2v) is 11.5. The molecule has 1 atom stereocenters. The van der Waals surface area contributed by atoms with Crippen LogP contribution in [0.2, 0.25) is 0 Å². The van der Waals surface area contributed by atoms with Crippen molar-refractivity contribution < 1.29 is 23.1 Å². The molecule has 2 amide bonds. The van der Waals surface area contributed by atoms with Crippen molar-refractivity contribution in [2.24, 2.45) is 5.41 Å². The molecule has 2 aromatic rings. The summed E-state index contributed by atoms with van der Waals surface area (Å²) in [7, 11) is 0. The summed E-state index contributed by atoms with van der Waals surface area (Å²) in [6.07, 6.45) is 8.50. The number of hydrogen-bond acceptors (Lipinski definition) is 3. The number of hydrogen-bond donors (Lipinski definition) is 0. The first-order chi connectivity index (χ1) is 18.4. The number of piperidine rings is 2. The van der Waals surface area contributed by atoms with Crippen LogP contribution in [0, 0.1) is 17.0 Å². The van der Waals surface area contributed by atoms with E-state index >= 15 is 0 Å². The van der Waals surface area contributed by atoms with E-state index in [1.807, 2.05) is 9.80 Å². The zero-order valence-corrected chi connectivity index (χ0v) is 22.1. The van der Waals surface area contributed by atoms with Crippen LogP contribution in [-0.2, 0) is 15.0 Å². The first-order valence-electron chi connectivity index (χ1n) is 14.1. The van der Waals surface area contributed by atoms with Gasteiger partial charge in [0.1, 0.15) is 17.4 Å². The lowest BCUT2D eigenvalue weighted by molar-refractivity contribution is -0.145. The number of carbonyl (C=O) groups excluding carboxylic acids is 2. The Morgan fingerprint density at radius 2 is 1.34 bits per heavy atom. The van der Waals surface area contributed by atoms with Crippen molar-refractivity contribution in [1.82, 2.24) is 9.80 Å². The Morgan fingerprint density at radius 1 is 0.737 bits per heavy atom. The molecule has 204 valence electrons. The largest absolute Gasteiger partial charge is 0.493 e. The molecule has 2 heterocycles. The van der Waals surface area contributed by atoms with Gasteiger partial charge in [-0.2, -0.15) is 0 Å². The summed E-state index contributed by atoms with van der Waals surface area (Å²) < 4.78 is 33.3. The van der Waals surface area contributed by atoms with Gasteiger partial charge in [-0.25, -0.2) is 8.78 Å². The molecule has 1 saturated carbocycles. The lowest BCUT2D eigenvalue weighted by Crippen LogP contribution is -2.55. The van der Waals surface area contributed by atoms with Crippen molar-refractivity contribution in [2.45, 2.75) is 69.6 Å². The summed E-state index contributed by atoms with van der Waals surface area (Å²) in [6.45, 7) is 2.92. The van der Waals surface area contributed by atoms with Gasteiger partial charge in [-0.15, -0.1) is 0 Å². The fourth-order valence-corrected chi connectivity index (χ4v) is 6.71. The SMILES string of the molecule is O=C(C[C@@]1(COc2ccc(F)cc2)CCCN(C(=O)C2(c3ccc(F)cc3)CCCC2)C1)N1CCCCC1. The average molecular weight is 525 g/mol.